The summed E-state index contributed by atoms with van der Waals surface area (Å²) in [7, 11) is 0. The molecule has 1 heterocycles. The van der Waals surface area contributed by atoms with E-state index in [1.165, 1.54) is 24.3 Å². The van der Waals surface area contributed by atoms with Gasteiger partial charge in [-0.15, -0.1) is 0 Å². The molecule has 0 bridgehead atoms. The molecule has 0 aromatic heterocycles. The van der Waals surface area contributed by atoms with Crippen molar-refractivity contribution in [2.75, 3.05) is 25.0 Å². The van der Waals surface area contributed by atoms with Gasteiger partial charge in [-0.3, -0.25) is 4.79 Å². The standard InChI is InChI=1S/C18H26FN3O2/c1-13(2)9-10-20-17(23)14-4-3-11-22(12-14)18(24)21-16-7-5-15(19)6-8-16/h5-8,13-14H,3-4,9-12H2,1-2H3,(H,20,23)(H,21,24)/t14-/m0/s1. The molecular formula is C18H26FN3O2. The SMILES string of the molecule is CC(C)CCNC(=O)[C@H]1CCCN(C(=O)Nc2ccc(F)cc2)C1. The Bertz CT molecular complexity index is 560. The summed E-state index contributed by atoms with van der Waals surface area (Å²) in [4.78, 5) is 26.2. The maximum absolute atomic E-state index is 12.9. The van der Waals surface area contributed by atoms with Crippen LogP contribution in [0.1, 0.15) is 33.1 Å². The molecule has 0 saturated carbocycles. The van der Waals surface area contributed by atoms with Crippen LogP contribution in [0.3, 0.4) is 0 Å². The molecule has 0 radical (unpaired) electrons. The number of rotatable bonds is 5. The van der Waals surface area contributed by atoms with Crippen molar-refractivity contribution in [3.05, 3.63) is 30.1 Å². The predicted molar refractivity (Wildman–Crippen MR) is 92.2 cm³/mol. The summed E-state index contributed by atoms with van der Waals surface area (Å²) in [5, 5.41) is 5.71. The van der Waals surface area contributed by atoms with Crippen molar-refractivity contribution in [1.82, 2.24) is 10.2 Å². The quantitative estimate of drug-likeness (QED) is 0.868. The topological polar surface area (TPSA) is 61.4 Å². The fraction of sp³-hybridized carbons (Fsp3) is 0.556. The molecule has 0 aliphatic carbocycles. The number of nitrogens with zero attached hydrogens (tertiary/aromatic N) is 1. The molecule has 1 aromatic rings. The molecule has 6 heteroatoms. The maximum atomic E-state index is 12.9. The van der Waals surface area contributed by atoms with Crippen LogP contribution in [0.15, 0.2) is 24.3 Å². The summed E-state index contributed by atoms with van der Waals surface area (Å²) in [6.45, 7) is 5.96. The minimum absolute atomic E-state index is 0.0231. The van der Waals surface area contributed by atoms with Crippen molar-refractivity contribution in [2.45, 2.75) is 33.1 Å². The Morgan fingerprint density at radius 1 is 1.29 bits per heavy atom. The lowest BCUT2D eigenvalue weighted by atomic mass is 9.97. The van der Waals surface area contributed by atoms with E-state index in [-0.39, 0.29) is 23.7 Å². The van der Waals surface area contributed by atoms with E-state index >= 15 is 0 Å². The molecule has 3 amide bonds. The molecule has 1 saturated heterocycles. The number of halogens is 1. The molecule has 0 unspecified atom stereocenters. The zero-order valence-electron chi connectivity index (χ0n) is 14.3. The molecule has 5 nitrogen and oxygen atoms in total. The Kier molecular flexibility index (Phi) is 6.58. The first kappa shape index (κ1) is 18.2. The van der Waals surface area contributed by atoms with Crippen molar-refractivity contribution in [2.24, 2.45) is 11.8 Å². The van der Waals surface area contributed by atoms with Gasteiger partial charge in [0.25, 0.3) is 0 Å². The van der Waals surface area contributed by atoms with E-state index in [1.807, 2.05) is 0 Å². The maximum Gasteiger partial charge on any atom is 0.321 e. The average Bonchev–Trinajstić information content (AvgIpc) is 2.56. The monoisotopic (exact) mass is 335 g/mol. The molecular weight excluding hydrogens is 309 g/mol. The minimum atomic E-state index is -0.343. The second-order valence-electron chi connectivity index (χ2n) is 6.70. The highest BCUT2D eigenvalue weighted by molar-refractivity contribution is 5.90. The molecule has 2 N–H and O–H groups in total. The molecule has 0 spiro atoms. The van der Waals surface area contributed by atoms with Gasteiger partial charge in [-0.25, -0.2) is 9.18 Å². The van der Waals surface area contributed by atoms with Gasteiger partial charge in [0.2, 0.25) is 5.91 Å². The molecule has 1 aliphatic heterocycles. The first-order valence-electron chi connectivity index (χ1n) is 8.55. The zero-order chi connectivity index (χ0) is 17.5. The van der Waals surface area contributed by atoms with Crippen molar-refractivity contribution in [3.8, 4) is 0 Å². The first-order valence-corrected chi connectivity index (χ1v) is 8.55. The normalized spacial score (nSPS) is 17.7. The Morgan fingerprint density at radius 2 is 2.00 bits per heavy atom. The predicted octanol–water partition coefficient (Wildman–Crippen LogP) is 3.23. The van der Waals surface area contributed by atoms with E-state index in [0.29, 0.717) is 31.2 Å². The van der Waals surface area contributed by atoms with Crippen LogP contribution in [0.2, 0.25) is 0 Å². The summed E-state index contributed by atoms with van der Waals surface area (Å²) >= 11 is 0. The Hall–Kier alpha value is -2.11. The van der Waals surface area contributed by atoms with Crippen molar-refractivity contribution in [3.63, 3.8) is 0 Å². The third kappa shape index (κ3) is 5.51. The number of likely N-dealkylation sites (tertiary alicyclic amines) is 1. The lowest BCUT2D eigenvalue weighted by Crippen LogP contribution is -2.47. The molecule has 2 rings (SSSR count). The van der Waals surface area contributed by atoms with E-state index in [2.05, 4.69) is 24.5 Å². The average molecular weight is 335 g/mol. The van der Waals surface area contributed by atoms with Crippen LogP contribution < -0.4 is 10.6 Å². The van der Waals surface area contributed by atoms with Gasteiger partial charge in [0.05, 0.1) is 5.92 Å². The number of nitrogens with one attached hydrogen (secondary N) is 2. The molecule has 1 aliphatic rings. The van der Waals surface area contributed by atoms with E-state index in [4.69, 9.17) is 0 Å². The van der Waals surface area contributed by atoms with E-state index in [9.17, 15) is 14.0 Å². The number of benzene rings is 1. The van der Waals surface area contributed by atoms with Crippen LogP contribution in [0.25, 0.3) is 0 Å². The van der Waals surface area contributed by atoms with Gasteiger partial charge in [0.15, 0.2) is 0 Å². The molecule has 1 fully saturated rings. The fourth-order valence-electron chi connectivity index (χ4n) is 2.74. The van der Waals surface area contributed by atoms with Gasteiger partial charge in [-0.2, -0.15) is 0 Å². The van der Waals surface area contributed by atoms with Gasteiger partial charge in [0, 0.05) is 25.3 Å². The summed E-state index contributed by atoms with van der Waals surface area (Å²) in [5.74, 6) is 0.0681. The minimum Gasteiger partial charge on any atom is -0.356 e. The number of hydrogen-bond donors (Lipinski definition) is 2. The Balaban J connectivity index is 1.84. The van der Waals surface area contributed by atoms with E-state index in [1.54, 1.807) is 4.90 Å². The number of carbonyl (C=O) groups excluding carboxylic acids is 2. The number of amides is 3. The fourth-order valence-corrected chi connectivity index (χ4v) is 2.74. The molecule has 1 atom stereocenters. The summed E-state index contributed by atoms with van der Waals surface area (Å²) in [6.07, 6.45) is 2.56. The van der Waals surface area contributed by atoms with Gasteiger partial charge in [-0.05, 0) is 49.4 Å². The smallest absolute Gasteiger partial charge is 0.321 e. The molecule has 132 valence electrons. The summed E-state index contributed by atoms with van der Waals surface area (Å²) < 4.78 is 12.9. The van der Waals surface area contributed by atoms with Crippen molar-refractivity contribution in [1.29, 1.82) is 0 Å². The Labute approximate surface area is 142 Å². The van der Waals surface area contributed by atoms with Crippen LogP contribution in [0.5, 0.6) is 0 Å². The number of hydrogen-bond acceptors (Lipinski definition) is 2. The van der Waals surface area contributed by atoms with Crippen molar-refractivity contribution < 1.29 is 14.0 Å². The van der Waals surface area contributed by atoms with Crippen LogP contribution in [-0.4, -0.2) is 36.5 Å². The highest BCUT2D eigenvalue weighted by Gasteiger charge is 2.28. The van der Waals surface area contributed by atoms with Gasteiger partial charge >= 0.3 is 6.03 Å². The second-order valence-corrected chi connectivity index (χ2v) is 6.70. The summed E-state index contributed by atoms with van der Waals surface area (Å²) in [6, 6.07) is 5.40. The lowest BCUT2D eigenvalue weighted by Gasteiger charge is -2.32. The number of urea groups is 1. The molecule has 24 heavy (non-hydrogen) atoms. The highest BCUT2D eigenvalue weighted by Crippen LogP contribution is 2.18. The largest absolute Gasteiger partial charge is 0.356 e. The van der Waals surface area contributed by atoms with Crippen LogP contribution >= 0.6 is 0 Å². The first-order chi connectivity index (χ1) is 11.5. The highest BCUT2D eigenvalue weighted by atomic mass is 19.1. The molecule has 1 aromatic carbocycles. The van der Waals surface area contributed by atoms with Crippen molar-refractivity contribution >= 4 is 17.6 Å². The summed E-state index contributed by atoms with van der Waals surface area (Å²) in [5.41, 5.74) is 0.546. The third-order valence-corrected chi connectivity index (χ3v) is 4.20. The van der Waals surface area contributed by atoms with Gasteiger partial charge in [-0.1, -0.05) is 13.8 Å². The Morgan fingerprint density at radius 3 is 2.67 bits per heavy atom. The van der Waals surface area contributed by atoms with E-state index < -0.39 is 0 Å². The van der Waals surface area contributed by atoms with E-state index in [0.717, 1.165) is 19.3 Å². The number of carbonyl (C=O) groups is 2. The van der Waals surface area contributed by atoms with Crippen LogP contribution in [0, 0.1) is 17.7 Å². The lowest BCUT2D eigenvalue weighted by molar-refractivity contribution is -0.126. The van der Waals surface area contributed by atoms with Crippen LogP contribution in [-0.2, 0) is 4.79 Å². The number of anilines is 1. The second kappa shape index (κ2) is 8.66. The van der Waals surface area contributed by atoms with Crippen LogP contribution in [0.4, 0.5) is 14.9 Å². The van der Waals surface area contributed by atoms with Gasteiger partial charge in [0.1, 0.15) is 5.82 Å². The third-order valence-electron chi connectivity index (χ3n) is 4.20. The van der Waals surface area contributed by atoms with Gasteiger partial charge < -0.3 is 15.5 Å². The number of piperidine rings is 1. The zero-order valence-corrected chi connectivity index (χ0v) is 14.3.